The molecule has 1 N–H and O–H groups in total. The summed E-state index contributed by atoms with van der Waals surface area (Å²) < 4.78 is 1.94. The number of amides is 1. The van der Waals surface area contributed by atoms with E-state index in [9.17, 15) is 4.79 Å². The summed E-state index contributed by atoms with van der Waals surface area (Å²) >= 11 is 0. The average Bonchev–Trinajstić information content (AvgIpc) is 3.21. The maximum atomic E-state index is 12.3. The number of carbonyl (C=O) groups is 1. The zero-order chi connectivity index (χ0) is 15.0. The van der Waals surface area contributed by atoms with E-state index in [-0.39, 0.29) is 5.91 Å². The van der Waals surface area contributed by atoms with Crippen molar-refractivity contribution in [3.8, 4) is 11.3 Å². The SMILES string of the molecule is CN(C)NC(=O)c1ccccc1-c1cc(C2CC2)n(C)n1. The summed E-state index contributed by atoms with van der Waals surface area (Å²) in [6.07, 6.45) is 2.48. The van der Waals surface area contributed by atoms with E-state index in [0.717, 1.165) is 11.3 Å². The first-order valence-corrected chi connectivity index (χ1v) is 7.18. The smallest absolute Gasteiger partial charge is 0.266 e. The Bertz CT molecular complexity index is 671. The molecule has 5 heteroatoms. The Kier molecular flexibility index (Phi) is 3.51. The van der Waals surface area contributed by atoms with Gasteiger partial charge in [-0.25, -0.2) is 5.01 Å². The highest BCUT2D eigenvalue weighted by atomic mass is 16.2. The van der Waals surface area contributed by atoms with Crippen LogP contribution >= 0.6 is 0 Å². The van der Waals surface area contributed by atoms with Gasteiger partial charge in [-0.3, -0.25) is 14.9 Å². The molecular weight excluding hydrogens is 264 g/mol. The Labute approximate surface area is 124 Å². The molecule has 0 aliphatic heterocycles. The predicted octanol–water partition coefficient (Wildman–Crippen LogP) is 2.17. The van der Waals surface area contributed by atoms with Crippen LogP contribution in [-0.2, 0) is 7.05 Å². The Morgan fingerprint density at radius 2 is 2.05 bits per heavy atom. The van der Waals surface area contributed by atoms with Crippen molar-refractivity contribution in [2.75, 3.05) is 14.1 Å². The first-order valence-electron chi connectivity index (χ1n) is 7.18. The topological polar surface area (TPSA) is 50.2 Å². The molecule has 0 radical (unpaired) electrons. The lowest BCUT2D eigenvalue weighted by atomic mass is 10.0. The fraction of sp³-hybridized carbons (Fsp3) is 0.375. The van der Waals surface area contributed by atoms with Crippen LogP contribution in [-0.4, -0.2) is 34.8 Å². The minimum Gasteiger partial charge on any atom is -0.285 e. The molecule has 1 aromatic carbocycles. The number of carbonyl (C=O) groups excluding carboxylic acids is 1. The molecule has 5 nitrogen and oxygen atoms in total. The molecule has 2 aromatic rings. The minimum absolute atomic E-state index is 0.116. The van der Waals surface area contributed by atoms with Crippen LogP contribution in [0.5, 0.6) is 0 Å². The van der Waals surface area contributed by atoms with Gasteiger partial charge in [-0.1, -0.05) is 18.2 Å². The van der Waals surface area contributed by atoms with Crippen molar-refractivity contribution in [2.45, 2.75) is 18.8 Å². The number of aryl methyl sites for hydroxylation is 1. The van der Waals surface area contributed by atoms with Crippen LogP contribution < -0.4 is 5.43 Å². The van der Waals surface area contributed by atoms with Gasteiger partial charge in [0.2, 0.25) is 0 Å². The lowest BCUT2D eigenvalue weighted by molar-refractivity contribution is 0.0857. The highest BCUT2D eigenvalue weighted by Crippen LogP contribution is 2.41. The van der Waals surface area contributed by atoms with E-state index in [1.807, 2.05) is 36.0 Å². The molecule has 0 spiro atoms. The van der Waals surface area contributed by atoms with Crippen LogP contribution in [0.1, 0.15) is 34.8 Å². The van der Waals surface area contributed by atoms with Gasteiger partial charge < -0.3 is 0 Å². The third kappa shape index (κ3) is 2.83. The van der Waals surface area contributed by atoms with Gasteiger partial charge in [-0.05, 0) is 25.0 Å². The van der Waals surface area contributed by atoms with Gasteiger partial charge in [0, 0.05) is 38.3 Å². The number of aromatic nitrogens is 2. The van der Waals surface area contributed by atoms with Gasteiger partial charge in [0.1, 0.15) is 0 Å². The number of benzene rings is 1. The van der Waals surface area contributed by atoms with Crippen molar-refractivity contribution in [3.05, 3.63) is 41.6 Å². The summed E-state index contributed by atoms with van der Waals surface area (Å²) in [5.41, 5.74) is 6.43. The van der Waals surface area contributed by atoms with Gasteiger partial charge in [0.25, 0.3) is 5.91 Å². The van der Waals surface area contributed by atoms with Gasteiger partial charge in [-0.2, -0.15) is 5.10 Å². The quantitative estimate of drug-likeness (QED) is 0.875. The molecule has 1 fully saturated rings. The largest absolute Gasteiger partial charge is 0.285 e. The van der Waals surface area contributed by atoms with E-state index in [0.29, 0.717) is 11.5 Å². The van der Waals surface area contributed by atoms with Crippen molar-refractivity contribution in [3.63, 3.8) is 0 Å². The van der Waals surface area contributed by atoms with Crippen molar-refractivity contribution in [1.82, 2.24) is 20.2 Å². The maximum Gasteiger partial charge on any atom is 0.266 e. The van der Waals surface area contributed by atoms with Crippen molar-refractivity contribution in [1.29, 1.82) is 0 Å². The lowest BCUT2D eigenvalue weighted by Crippen LogP contribution is -2.36. The molecule has 0 unspecified atom stereocenters. The van der Waals surface area contributed by atoms with Gasteiger partial charge >= 0.3 is 0 Å². The lowest BCUT2D eigenvalue weighted by Gasteiger charge is -2.13. The summed E-state index contributed by atoms with van der Waals surface area (Å²) in [5, 5.41) is 6.23. The van der Waals surface area contributed by atoms with Crippen molar-refractivity contribution < 1.29 is 4.79 Å². The predicted molar refractivity (Wildman–Crippen MR) is 81.8 cm³/mol. The molecule has 0 bridgehead atoms. The van der Waals surface area contributed by atoms with Gasteiger partial charge in [-0.15, -0.1) is 0 Å². The molecule has 3 rings (SSSR count). The Balaban J connectivity index is 1.98. The zero-order valence-electron chi connectivity index (χ0n) is 12.6. The van der Waals surface area contributed by atoms with Crippen molar-refractivity contribution >= 4 is 5.91 Å². The second kappa shape index (κ2) is 5.33. The van der Waals surface area contributed by atoms with E-state index in [1.165, 1.54) is 18.5 Å². The zero-order valence-corrected chi connectivity index (χ0v) is 12.6. The molecule has 1 amide bonds. The summed E-state index contributed by atoms with van der Waals surface area (Å²) in [4.78, 5) is 12.3. The molecule has 1 aliphatic carbocycles. The highest BCUT2D eigenvalue weighted by Gasteiger charge is 2.28. The third-order valence-electron chi connectivity index (χ3n) is 3.68. The molecular formula is C16H20N4O. The highest BCUT2D eigenvalue weighted by molar-refractivity contribution is 6.00. The minimum atomic E-state index is -0.116. The number of hydrogen-bond donors (Lipinski definition) is 1. The molecule has 0 atom stereocenters. The van der Waals surface area contributed by atoms with E-state index < -0.39 is 0 Å². The number of hydrazine groups is 1. The summed E-state index contributed by atoms with van der Waals surface area (Å²) in [7, 11) is 5.57. The van der Waals surface area contributed by atoms with Crippen LogP contribution in [0, 0.1) is 0 Å². The third-order valence-corrected chi connectivity index (χ3v) is 3.68. The molecule has 0 saturated heterocycles. The molecule has 1 aromatic heterocycles. The average molecular weight is 284 g/mol. The molecule has 21 heavy (non-hydrogen) atoms. The standard InChI is InChI=1S/C16H20N4O/c1-19(2)18-16(21)13-7-5-4-6-12(13)14-10-15(11-8-9-11)20(3)17-14/h4-7,10-11H,8-9H2,1-3H3,(H,18,21). The van der Waals surface area contributed by atoms with E-state index >= 15 is 0 Å². The van der Waals surface area contributed by atoms with Gasteiger partial charge in [0.05, 0.1) is 11.3 Å². The Hall–Kier alpha value is -2.14. The fourth-order valence-electron chi connectivity index (χ4n) is 2.54. The molecule has 1 heterocycles. The number of hydrogen-bond acceptors (Lipinski definition) is 3. The van der Waals surface area contributed by atoms with E-state index in [1.54, 1.807) is 19.1 Å². The first kappa shape index (κ1) is 13.8. The second-order valence-electron chi connectivity index (χ2n) is 5.73. The normalized spacial score (nSPS) is 14.5. The second-order valence-corrected chi connectivity index (χ2v) is 5.73. The van der Waals surface area contributed by atoms with Crippen LogP contribution in [0.2, 0.25) is 0 Å². The number of nitrogens with zero attached hydrogens (tertiary/aromatic N) is 3. The van der Waals surface area contributed by atoms with Crippen LogP contribution in [0.15, 0.2) is 30.3 Å². The van der Waals surface area contributed by atoms with Crippen LogP contribution in [0.3, 0.4) is 0 Å². The fourth-order valence-corrected chi connectivity index (χ4v) is 2.54. The number of rotatable bonds is 4. The van der Waals surface area contributed by atoms with Crippen LogP contribution in [0.25, 0.3) is 11.3 Å². The summed E-state index contributed by atoms with van der Waals surface area (Å²) in [6.45, 7) is 0. The number of nitrogens with one attached hydrogen (secondary N) is 1. The summed E-state index contributed by atoms with van der Waals surface area (Å²) in [5.74, 6) is 0.522. The van der Waals surface area contributed by atoms with E-state index in [4.69, 9.17) is 0 Å². The molecule has 1 saturated carbocycles. The monoisotopic (exact) mass is 284 g/mol. The first-order chi connectivity index (χ1) is 10.1. The molecule has 1 aliphatic rings. The van der Waals surface area contributed by atoms with Gasteiger partial charge in [0.15, 0.2) is 0 Å². The Morgan fingerprint density at radius 1 is 1.33 bits per heavy atom. The molecule has 110 valence electrons. The summed E-state index contributed by atoms with van der Waals surface area (Å²) in [6, 6.07) is 9.70. The maximum absolute atomic E-state index is 12.3. The Morgan fingerprint density at radius 3 is 2.71 bits per heavy atom. The van der Waals surface area contributed by atoms with Crippen LogP contribution in [0.4, 0.5) is 0 Å². The van der Waals surface area contributed by atoms with E-state index in [2.05, 4.69) is 16.6 Å². The van der Waals surface area contributed by atoms with Crippen molar-refractivity contribution in [2.24, 2.45) is 7.05 Å².